The predicted octanol–water partition coefficient (Wildman–Crippen LogP) is 1.67. The molecule has 5 heteroatoms. The number of rotatable bonds is 2. The molecule has 17 heavy (non-hydrogen) atoms. The lowest BCUT2D eigenvalue weighted by Crippen LogP contribution is -2.53. The number of ether oxygens (including phenoxy) is 1. The molecule has 1 aromatic rings. The van der Waals surface area contributed by atoms with Crippen LogP contribution in [0, 0.1) is 0 Å². The van der Waals surface area contributed by atoms with Crippen molar-refractivity contribution in [3.05, 3.63) is 23.2 Å². The number of nitrogens with zero attached hydrogens (tertiary/aromatic N) is 1. The van der Waals surface area contributed by atoms with Gasteiger partial charge in [0.2, 0.25) is 5.91 Å². The van der Waals surface area contributed by atoms with Crippen LogP contribution in [0.1, 0.15) is 6.92 Å². The van der Waals surface area contributed by atoms with Crippen LogP contribution in [-0.4, -0.2) is 32.1 Å². The van der Waals surface area contributed by atoms with Crippen molar-refractivity contribution in [3.63, 3.8) is 0 Å². The van der Waals surface area contributed by atoms with Crippen molar-refractivity contribution in [2.45, 2.75) is 13.0 Å². The third kappa shape index (κ3) is 2.37. The van der Waals surface area contributed by atoms with Gasteiger partial charge >= 0.3 is 0 Å². The Morgan fingerprint density at radius 1 is 1.53 bits per heavy atom. The number of methoxy groups -OCH3 is 1. The van der Waals surface area contributed by atoms with Crippen molar-refractivity contribution in [1.29, 1.82) is 0 Å². The molecule has 0 radical (unpaired) electrons. The minimum absolute atomic E-state index is 0.0387. The van der Waals surface area contributed by atoms with E-state index in [4.69, 9.17) is 16.3 Å². The smallest absolute Gasteiger partial charge is 0.243 e. The van der Waals surface area contributed by atoms with Gasteiger partial charge in [-0.15, -0.1) is 0 Å². The van der Waals surface area contributed by atoms with Crippen LogP contribution in [0.3, 0.4) is 0 Å². The molecule has 1 aromatic carbocycles. The summed E-state index contributed by atoms with van der Waals surface area (Å²) in [5, 5.41) is 3.72. The van der Waals surface area contributed by atoms with Gasteiger partial charge in [-0.25, -0.2) is 0 Å². The lowest BCUT2D eigenvalue weighted by atomic mass is 10.2. The molecule has 92 valence electrons. The summed E-state index contributed by atoms with van der Waals surface area (Å²) in [5.41, 5.74) is 0.735. The van der Waals surface area contributed by atoms with Gasteiger partial charge in [-0.3, -0.25) is 4.79 Å². The zero-order valence-corrected chi connectivity index (χ0v) is 10.6. The Morgan fingerprint density at radius 3 is 3.00 bits per heavy atom. The Hall–Kier alpha value is -1.26. The molecule has 0 spiro atoms. The Bertz CT molecular complexity index is 437. The number of benzene rings is 1. The summed E-state index contributed by atoms with van der Waals surface area (Å²) in [5.74, 6) is 0.702. The van der Waals surface area contributed by atoms with Gasteiger partial charge < -0.3 is 15.0 Å². The third-order valence-electron chi connectivity index (χ3n) is 2.85. The third-order valence-corrected chi connectivity index (χ3v) is 3.09. The topological polar surface area (TPSA) is 41.6 Å². The van der Waals surface area contributed by atoms with Crippen LogP contribution in [0.15, 0.2) is 18.2 Å². The number of hydrogen-bond acceptors (Lipinski definition) is 3. The fourth-order valence-corrected chi connectivity index (χ4v) is 2.10. The van der Waals surface area contributed by atoms with Crippen molar-refractivity contribution in [2.24, 2.45) is 0 Å². The van der Waals surface area contributed by atoms with Crippen LogP contribution < -0.4 is 15.0 Å². The molecular weight excluding hydrogens is 240 g/mol. The first-order chi connectivity index (χ1) is 8.13. The molecule has 1 heterocycles. The number of hydrogen-bond donors (Lipinski definition) is 1. The lowest BCUT2D eigenvalue weighted by Gasteiger charge is -2.32. The number of piperazine rings is 1. The first kappa shape index (κ1) is 12.2. The van der Waals surface area contributed by atoms with E-state index in [-0.39, 0.29) is 11.9 Å². The van der Waals surface area contributed by atoms with E-state index in [1.54, 1.807) is 30.2 Å². The predicted molar refractivity (Wildman–Crippen MR) is 67.8 cm³/mol. The molecule has 1 aliphatic rings. The van der Waals surface area contributed by atoms with Gasteiger partial charge in [0.25, 0.3) is 0 Å². The van der Waals surface area contributed by atoms with Gasteiger partial charge in [0.1, 0.15) is 5.75 Å². The van der Waals surface area contributed by atoms with Gasteiger partial charge in [-0.2, -0.15) is 0 Å². The molecule has 1 unspecified atom stereocenters. The van der Waals surface area contributed by atoms with Crippen molar-refractivity contribution < 1.29 is 9.53 Å². The average molecular weight is 255 g/mol. The first-order valence-corrected chi connectivity index (χ1v) is 5.89. The zero-order chi connectivity index (χ0) is 12.4. The number of amides is 1. The minimum Gasteiger partial charge on any atom is -0.495 e. The van der Waals surface area contributed by atoms with E-state index in [9.17, 15) is 4.79 Å². The maximum atomic E-state index is 12.1. The van der Waals surface area contributed by atoms with E-state index in [2.05, 4.69) is 5.32 Å². The highest BCUT2D eigenvalue weighted by Gasteiger charge is 2.27. The summed E-state index contributed by atoms with van der Waals surface area (Å²) >= 11 is 5.97. The summed E-state index contributed by atoms with van der Waals surface area (Å²) in [6, 6.07) is 5.11. The molecule has 1 fully saturated rings. The fourth-order valence-electron chi connectivity index (χ4n) is 1.94. The fraction of sp³-hybridized carbons (Fsp3) is 0.417. The van der Waals surface area contributed by atoms with E-state index < -0.39 is 0 Å². The largest absolute Gasteiger partial charge is 0.495 e. The van der Waals surface area contributed by atoms with Gasteiger partial charge in [0.05, 0.1) is 18.8 Å². The Kier molecular flexibility index (Phi) is 3.54. The van der Waals surface area contributed by atoms with Crippen LogP contribution in [0.2, 0.25) is 5.02 Å². The monoisotopic (exact) mass is 254 g/mol. The van der Waals surface area contributed by atoms with Crippen LogP contribution in [0.25, 0.3) is 0 Å². The van der Waals surface area contributed by atoms with E-state index >= 15 is 0 Å². The van der Waals surface area contributed by atoms with E-state index in [1.165, 1.54) is 0 Å². The minimum atomic E-state index is -0.174. The molecule has 2 rings (SSSR count). The molecular formula is C12H15ClN2O2. The lowest BCUT2D eigenvalue weighted by molar-refractivity contribution is -0.121. The van der Waals surface area contributed by atoms with Gasteiger partial charge in [0, 0.05) is 18.1 Å². The summed E-state index contributed by atoms with van der Waals surface area (Å²) in [7, 11) is 1.59. The summed E-state index contributed by atoms with van der Waals surface area (Å²) in [6.45, 7) is 3.24. The van der Waals surface area contributed by atoms with Crippen molar-refractivity contribution in [3.8, 4) is 5.75 Å². The maximum absolute atomic E-state index is 12.1. The number of carbonyl (C=O) groups is 1. The molecule has 0 aromatic heterocycles. The van der Waals surface area contributed by atoms with Gasteiger partial charge in [-0.1, -0.05) is 11.6 Å². The number of nitrogens with one attached hydrogen (secondary N) is 1. The highest BCUT2D eigenvalue weighted by Crippen LogP contribution is 2.32. The zero-order valence-electron chi connectivity index (χ0n) is 9.87. The second-order valence-corrected chi connectivity index (χ2v) is 4.42. The van der Waals surface area contributed by atoms with Crippen LogP contribution in [-0.2, 0) is 4.79 Å². The Morgan fingerprint density at radius 2 is 2.29 bits per heavy atom. The van der Waals surface area contributed by atoms with Crippen molar-refractivity contribution in [1.82, 2.24) is 5.32 Å². The van der Waals surface area contributed by atoms with Crippen molar-refractivity contribution in [2.75, 3.05) is 25.1 Å². The standard InChI is InChI=1S/C12H15ClN2O2/c1-8-12(16)15(6-5-14-8)10-7-9(13)3-4-11(10)17-2/h3-4,7-8,14H,5-6H2,1-2H3. The SMILES string of the molecule is COc1ccc(Cl)cc1N1CCNC(C)C1=O. The molecule has 1 aliphatic heterocycles. The Balaban J connectivity index is 2.38. The molecule has 1 amide bonds. The van der Waals surface area contributed by atoms with Gasteiger partial charge in [0.15, 0.2) is 0 Å². The van der Waals surface area contributed by atoms with Gasteiger partial charge in [-0.05, 0) is 25.1 Å². The molecule has 0 saturated carbocycles. The number of anilines is 1. The maximum Gasteiger partial charge on any atom is 0.243 e. The summed E-state index contributed by atoms with van der Waals surface area (Å²) in [6.07, 6.45) is 0. The molecule has 0 aliphatic carbocycles. The Labute approximate surface area is 106 Å². The quantitative estimate of drug-likeness (QED) is 0.873. The molecule has 1 atom stereocenters. The second kappa shape index (κ2) is 4.94. The summed E-state index contributed by atoms with van der Waals surface area (Å²) in [4.78, 5) is 13.8. The van der Waals surface area contributed by atoms with Crippen LogP contribution >= 0.6 is 11.6 Å². The molecule has 0 bridgehead atoms. The first-order valence-electron chi connectivity index (χ1n) is 5.52. The van der Waals surface area contributed by atoms with Crippen molar-refractivity contribution >= 4 is 23.2 Å². The highest BCUT2D eigenvalue weighted by atomic mass is 35.5. The van der Waals surface area contributed by atoms with E-state index in [0.29, 0.717) is 17.3 Å². The number of halogens is 1. The van der Waals surface area contributed by atoms with Crippen LogP contribution in [0.4, 0.5) is 5.69 Å². The number of carbonyl (C=O) groups excluding carboxylic acids is 1. The highest BCUT2D eigenvalue weighted by molar-refractivity contribution is 6.31. The van der Waals surface area contributed by atoms with Crippen LogP contribution in [0.5, 0.6) is 5.75 Å². The summed E-state index contributed by atoms with van der Waals surface area (Å²) < 4.78 is 5.26. The molecule has 4 nitrogen and oxygen atoms in total. The normalized spacial score (nSPS) is 20.5. The van der Waals surface area contributed by atoms with E-state index in [1.807, 2.05) is 6.92 Å². The molecule has 1 N–H and O–H groups in total. The second-order valence-electron chi connectivity index (χ2n) is 3.98. The van der Waals surface area contributed by atoms with E-state index in [0.717, 1.165) is 12.2 Å². The molecule has 1 saturated heterocycles. The average Bonchev–Trinajstić information content (AvgIpc) is 2.33.